The average Bonchev–Trinajstić information content (AvgIpc) is 2.98. The first-order valence-corrected chi connectivity index (χ1v) is 6.45. The number of rotatable bonds is 6. The number of halogens is 1. The molecule has 0 radical (unpaired) electrons. The molecule has 0 aliphatic heterocycles. The summed E-state index contributed by atoms with van der Waals surface area (Å²) in [6, 6.07) is 3.64. The van der Waals surface area contributed by atoms with Gasteiger partial charge in [0.05, 0.1) is 16.8 Å². The number of carbonyl (C=O) groups is 1. The molecular formula is C14H16ClNO3. The highest BCUT2D eigenvalue weighted by molar-refractivity contribution is 6.35. The Morgan fingerprint density at radius 2 is 2.32 bits per heavy atom. The number of hydrogen-bond acceptors (Lipinski definition) is 3. The van der Waals surface area contributed by atoms with E-state index in [1.807, 2.05) is 17.6 Å². The molecule has 19 heavy (non-hydrogen) atoms. The van der Waals surface area contributed by atoms with Crippen molar-refractivity contribution < 1.29 is 13.9 Å². The lowest BCUT2D eigenvalue weighted by Gasteiger charge is -2.10. The van der Waals surface area contributed by atoms with Gasteiger partial charge in [0.2, 0.25) is 0 Å². The minimum absolute atomic E-state index is 0.444. The molecule has 0 fully saturated rings. The third-order valence-electron chi connectivity index (χ3n) is 3.11. The standard InChI is InChI=1S/C14H16ClNO3/c1-10-11(9-17)13(15)14(12-5-3-8-19-12)16(10)6-4-7-18-2/h3,5,8-9H,4,6-7H2,1-2H3. The summed E-state index contributed by atoms with van der Waals surface area (Å²) < 4.78 is 12.5. The molecule has 0 saturated heterocycles. The molecule has 0 amide bonds. The van der Waals surface area contributed by atoms with Crippen LogP contribution in [-0.2, 0) is 11.3 Å². The van der Waals surface area contributed by atoms with Crippen molar-refractivity contribution >= 4 is 17.9 Å². The molecule has 2 rings (SSSR count). The molecule has 0 unspecified atom stereocenters. The second-order valence-electron chi connectivity index (χ2n) is 4.25. The van der Waals surface area contributed by atoms with E-state index in [0.29, 0.717) is 23.0 Å². The molecular weight excluding hydrogens is 266 g/mol. The second-order valence-corrected chi connectivity index (χ2v) is 4.63. The van der Waals surface area contributed by atoms with E-state index in [1.165, 1.54) is 0 Å². The Kier molecular flexibility index (Phi) is 4.45. The van der Waals surface area contributed by atoms with E-state index in [-0.39, 0.29) is 0 Å². The van der Waals surface area contributed by atoms with E-state index >= 15 is 0 Å². The summed E-state index contributed by atoms with van der Waals surface area (Å²) in [5, 5.41) is 0.444. The highest BCUT2D eigenvalue weighted by Crippen LogP contribution is 2.35. The first kappa shape index (κ1) is 13.9. The van der Waals surface area contributed by atoms with Gasteiger partial charge in [-0.25, -0.2) is 0 Å². The number of furan rings is 1. The zero-order valence-electron chi connectivity index (χ0n) is 11.0. The maximum atomic E-state index is 11.2. The number of carbonyl (C=O) groups excluding carboxylic acids is 1. The number of hydrogen-bond donors (Lipinski definition) is 0. The summed E-state index contributed by atoms with van der Waals surface area (Å²) in [6.07, 6.45) is 3.22. The van der Waals surface area contributed by atoms with Gasteiger partial charge in [0, 0.05) is 26.0 Å². The molecule has 0 spiro atoms. The zero-order valence-corrected chi connectivity index (χ0v) is 11.7. The number of nitrogens with zero attached hydrogens (tertiary/aromatic N) is 1. The average molecular weight is 282 g/mol. The molecule has 0 bridgehead atoms. The van der Waals surface area contributed by atoms with Crippen LogP contribution in [0.2, 0.25) is 5.02 Å². The van der Waals surface area contributed by atoms with Crippen LogP contribution in [0.15, 0.2) is 22.8 Å². The Hall–Kier alpha value is -1.52. The van der Waals surface area contributed by atoms with Gasteiger partial charge in [-0.3, -0.25) is 4.79 Å². The highest BCUT2D eigenvalue weighted by Gasteiger charge is 2.21. The van der Waals surface area contributed by atoms with Gasteiger partial charge in [0.1, 0.15) is 5.69 Å². The maximum absolute atomic E-state index is 11.2. The summed E-state index contributed by atoms with van der Waals surface area (Å²) in [5.41, 5.74) is 2.12. The van der Waals surface area contributed by atoms with Crippen molar-refractivity contribution in [1.82, 2.24) is 4.57 Å². The molecule has 0 aliphatic rings. The molecule has 0 saturated carbocycles. The Morgan fingerprint density at radius 3 is 2.89 bits per heavy atom. The number of ether oxygens (including phenoxy) is 1. The van der Waals surface area contributed by atoms with Gasteiger partial charge in [-0.05, 0) is 25.5 Å². The van der Waals surface area contributed by atoms with Crippen LogP contribution in [-0.4, -0.2) is 24.6 Å². The fourth-order valence-corrected chi connectivity index (χ4v) is 2.53. The zero-order chi connectivity index (χ0) is 13.8. The Morgan fingerprint density at radius 1 is 1.53 bits per heavy atom. The monoisotopic (exact) mass is 281 g/mol. The van der Waals surface area contributed by atoms with Crippen molar-refractivity contribution in [2.75, 3.05) is 13.7 Å². The van der Waals surface area contributed by atoms with Crippen LogP contribution < -0.4 is 0 Å². The van der Waals surface area contributed by atoms with E-state index in [0.717, 1.165) is 30.6 Å². The quantitative estimate of drug-likeness (QED) is 0.601. The number of aldehydes is 1. The van der Waals surface area contributed by atoms with Gasteiger partial charge >= 0.3 is 0 Å². The van der Waals surface area contributed by atoms with Crippen LogP contribution in [0.4, 0.5) is 0 Å². The lowest BCUT2D eigenvalue weighted by Crippen LogP contribution is -2.05. The molecule has 0 aromatic carbocycles. The molecule has 0 aliphatic carbocycles. The Balaban J connectivity index is 2.47. The van der Waals surface area contributed by atoms with Gasteiger partial charge in [-0.2, -0.15) is 0 Å². The van der Waals surface area contributed by atoms with Crippen molar-refractivity contribution in [2.24, 2.45) is 0 Å². The van der Waals surface area contributed by atoms with Gasteiger partial charge < -0.3 is 13.7 Å². The fourth-order valence-electron chi connectivity index (χ4n) is 2.16. The van der Waals surface area contributed by atoms with E-state index in [4.69, 9.17) is 20.8 Å². The first-order chi connectivity index (χ1) is 9.20. The van der Waals surface area contributed by atoms with Crippen molar-refractivity contribution in [2.45, 2.75) is 19.9 Å². The van der Waals surface area contributed by atoms with Crippen molar-refractivity contribution in [3.8, 4) is 11.5 Å². The Bertz CT molecular complexity index is 558. The van der Waals surface area contributed by atoms with Crippen LogP contribution >= 0.6 is 11.6 Å². The lowest BCUT2D eigenvalue weighted by atomic mass is 10.2. The molecule has 0 atom stereocenters. The van der Waals surface area contributed by atoms with Gasteiger partial charge in [-0.1, -0.05) is 11.6 Å². The van der Waals surface area contributed by atoms with Gasteiger partial charge in [0.15, 0.2) is 12.0 Å². The topological polar surface area (TPSA) is 44.4 Å². The highest BCUT2D eigenvalue weighted by atomic mass is 35.5. The van der Waals surface area contributed by atoms with Crippen LogP contribution in [0.25, 0.3) is 11.5 Å². The number of methoxy groups -OCH3 is 1. The predicted octanol–water partition coefficient (Wildman–Crippen LogP) is 3.56. The van der Waals surface area contributed by atoms with E-state index in [9.17, 15) is 4.79 Å². The molecule has 2 aromatic heterocycles. The molecule has 5 heteroatoms. The van der Waals surface area contributed by atoms with Crippen LogP contribution in [0.3, 0.4) is 0 Å². The second kappa shape index (κ2) is 6.08. The van der Waals surface area contributed by atoms with E-state index in [1.54, 1.807) is 19.4 Å². The third-order valence-corrected chi connectivity index (χ3v) is 3.49. The van der Waals surface area contributed by atoms with Crippen molar-refractivity contribution in [1.29, 1.82) is 0 Å². The largest absolute Gasteiger partial charge is 0.463 e. The fraction of sp³-hybridized carbons (Fsp3) is 0.357. The normalized spacial score (nSPS) is 10.9. The predicted molar refractivity (Wildman–Crippen MR) is 73.8 cm³/mol. The summed E-state index contributed by atoms with van der Waals surface area (Å²) in [5.74, 6) is 0.665. The van der Waals surface area contributed by atoms with Gasteiger partial charge in [-0.15, -0.1) is 0 Å². The first-order valence-electron chi connectivity index (χ1n) is 6.07. The van der Waals surface area contributed by atoms with Crippen molar-refractivity contribution in [3.63, 3.8) is 0 Å². The minimum Gasteiger partial charge on any atom is -0.463 e. The van der Waals surface area contributed by atoms with Crippen LogP contribution in [0.5, 0.6) is 0 Å². The maximum Gasteiger partial charge on any atom is 0.153 e. The van der Waals surface area contributed by atoms with Gasteiger partial charge in [0.25, 0.3) is 0 Å². The number of aromatic nitrogens is 1. The Labute approximate surface area is 116 Å². The van der Waals surface area contributed by atoms with E-state index < -0.39 is 0 Å². The van der Waals surface area contributed by atoms with Crippen LogP contribution in [0.1, 0.15) is 22.5 Å². The lowest BCUT2D eigenvalue weighted by molar-refractivity contribution is 0.112. The summed E-state index contributed by atoms with van der Waals surface area (Å²) in [4.78, 5) is 11.2. The van der Waals surface area contributed by atoms with E-state index in [2.05, 4.69) is 0 Å². The molecule has 4 nitrogen and oxygen atoms in total. The minimum atomic E-state index is 0.444. The molecule has 0 N–H and O–H groups in total. The summed E-state index contributed by atoms with van der Waals surface area (Å²) >= 11 is 6.30. The molecule has 2 heterocycles. The smallest absolute Gasteiger partial charge is 0.153 e. The third kappa shape index (κ3) is 2.60. The molecule has 102 valence electrons. The molecule has 2 aromatic rings. The summed E-state index contributed by atoms with van der Waals surface area (Å²) in [6.45, 7) is 3.27. The summed E-state index contributed by atoms with van der Waals surface area (Å²) in [7, 11) is 1.67. The van der Waals surface area contributed by atoms with Crippen molar-refractivity contribution in [3.05, 3.63) is 34.7 Å². The van der Waals surface area contributed by atoms with Crippen LogP contribution in [0, 0.1) is 6.92 Å². The SMILES string of the molecule is COCCCn1c(C)c(C=O)c(Cl)c1-c1ccco1.